The van der Waals surface area contributed by atoms with E-state index in [2.05, 4.69) is 36.1 Å². The fourth-order valence-electron chi connectivity index (χ4n) is 1.52. The Labute approximate surface area is 86.2 Å². The van der Waals surface area contributed by atoms with Crippen LogP contribution in [-0.2, 0) is 6.54 Å². The zero-order valence-corrected chi connectivity index (χ0v) is 9.20. The van der Waals surface area contributed by atoms with Crippen LogP contribution in [0.15, 0.2) is 24.3 Å². The van der Waals surface area contributed by atoms with Crippen molar-refractivity contribution < 1.29 is 5.11 Å². The normalized spacial score (nSPS) is 13.2. The molecule has 0 spiro atoms. The number of hydrogen-bond acceptors (Lipinski definition) is 2. The molecule has 78 valence electrons. The Morgan fingerprint density at radius 2 is 1.86 bits per heavy atom. The zero-order chi connectivity index (χ0) is 10.6. The van der Waals surface area contributed by atoms with Crippen molar-refractivity contribution in [2.45, 2.75) is 26.5 Å². The molecule has 0 heterocycles. The highest BCUT2D eigenvalue weighted by Gasteiger charge is 2.03. The van der Waals surface area contributed by atoms with Crippen LogP contribution in [0.3, 0.4) is 0 Å². The molecule has 0 aromatic heterocycles. The Morgan fingerprint density at radius 3 is 2.36 bits per heavy atom. The molecule has 0 aliphatic rings. The van der Waals surface area contributed by atoms with Crippen molar-refractivity contribution in [3.05, 3.63) is 35.4 Å². The largest absolute Gasteiger partial charge is 0.392 e. The highest BCUT2D eigenvalue weighted by Crippen LogP contribution is 2.05. The summed E-state index contributed by atoms with van der Waals surface area (Å²) in [5, 5.41) is 9.20. The van der Waals surface area contributed by atoms with Gasteiger partial charge in [0.2, 0.25) is 0 Å². The van der Waals surface area contributed by atoms with E-state index in [4.69, 9.17) is 0 Å². The van der Waals surface area contributed by atoms with Gasteiger partial charge in [-0.25, -0.2) is 0 Å². The van der Waals surface area contributed by atoms with Crippen LogP contribution < -0.4 is 0 Å². The maximum atomic E-state index is 9.20. The molecule has 1 aromatic carbocycles. The predicted octanol–water partition coefficient (Wildman–Crippen LogP) is 1.81. The van der Waals surface area contributed by atoms with Gasteiger partial charge in [-0.1, -0.05) is 29.8 Å². The van der Waals surface area contributed by atoms with Crippen LogP contribution in [0.1, 0.15) is 18.1 Å². The second kappa shape index (κ2) is 5.13. The van der Waals surface area contributed by atoms with Crippen molar-refractivity contribution in [1.29, 1.82) is 0 Å². The Morgan fingerprint density at radius 1 is 1.29 bits per heavy atom. The van der Waals surface area contributed by atoms with Gasteiger partial charge in [-0.2, -0.15) is 0 Å². The molecule has 1 rings (SSSR count). The molecule has 0 fully saturated rings. The molecule has 1 atom stereocenters. The van der Waals surface area contributed by atoms with E-state index in [1.807, 2.05) is 14.0 Å². The van der Waals surface area contributed by atoms with Gasteiger partial charge in [-0.15, -0.1) is 0 Å². The number of rotatable bonds is 4. The summed E-state index contributed by atoms with van der Waals surface area (Å²) in [6.45, 7) is 5.51. The predicted molar refractivity (Wildman–Crippen MR) is 59.2 cm³/mol. The van der Waals surface area contributed by atoms with Gasteiger partial charge in [-0.3, -0.25) is 4.90 Å². The molecule has 1 aromatic rings. The minimum atomic E-state index is -0.259. The van der Waals surface area contributed by atoms with Crippen molar-refractivity contribution in [2.75, 3.05) is 13.6 Å². The van der Waals surface area contributed by atoms with Crippen LogP contribution >= 0.6 is 0 Å². The number of benzene rings is 1. The molecule has 2 heteroatoms. The number of hydrogen-bond donors (Lipinski definition) is 1. The quantitative estimate of drug-likeness (QED) is 0.788. The number of likely N-dealkylation sites (N-methyl/N-ethyl adjacent to an activating group) is 1. The van der Waals surface area contributed by atoms with E-state index in [1.165, 1.54) is 11.1 Å². The standard InChI is InChI=1S/C12H19NO/c1-10-4-6-12(7-5-10)9-13(3)8-11(2)14/h4-7,11,14H,8-9H2,1-3H3. The number of aliphatic hydroxyl groups is 1. The van der Waals surface area contributed by atoms with Gasteiger partial charge in [0, 0.05) is 13.1 Å². The summed E-state index contributed by atoms with van der Waals surface area (Å²) in [7, 11) is 2.02. The number of nitrogens with zero attached hydrogens (tertiary/aromatic N) is 1. The SMILES string of the molecule is Cc1ccc(CN(C)CC(C)O)cc1. The van der Waals surface area contributed by atoms with Gasteiger partial charge in [0.15, 0.2) is 0 Å². The summed E-state index contributed by atoms with van der Waals surface area (Å²) in [6, 6.07) is 8.50. The van der Waals surface area contributed by atoms with E-state index in [0.29, 0.717) is 6.54 Å². The first kappa shape index (κ1) is 11.2. The van der Waals surface area contributed by atoms with Gasteiger partial charge >= 0.3 is 0 Å². The summed E-state index contributed by atoms with van der Waals surface area (Å²) in [4.78, 5) is 2.12. The molecule has 0 aliphatic heterocycles. The summed E-state index contributed by atoms with van der Waals surface area (Å²) < 4.78 is 0. The number of aryl methyl sites for hydroxylation is 1. The molecule has 14 heavy (non-hydrogen) atoms. The third-order valence-electron chi connectivity index (χ3n) is 2.15. The lowest BCUT2D eigenvalue weighted by molar-refractivity contribution is 0.138. The Kier molecular flexibility index (Phi) is 4.11. The molecule has 0 amide bonds. The first-order valence-corrected chi connectivity index (χ1v) is 5.00. The summed E-state index contributed by atoms with van der Waals surface area (Å²) in [5.74, 6) is 0. The minimum Gasteiger partial charge on any atom is -0.392 e. The molecule has 0 aliphatic carbocycles. The van der Waals surface area contributed by atoms with E-state index < -0.39 is 0 Å². The second-order valence-electron chi connectivity index (χ2n) is 4.03. The van der Waals surface area contributed by atoms with E-state index in [1.54, 1.807) is 0 Å². The molecule has 0 saturated carbocycles. The molecule has 0 radical (unpaired) electrons. The molecule has 0 bridgehead atoms. The molecule has 1 unspecified atom stereocenters. The molecule has 0 saturated heterocycles. The molecular weight excluding hydrogens is 174 g/mol. The highest BCUT2D eigenvalue weighted by molar-refractivity contribution is 5.21. The maximum Gasteiger partial charge on any atom is 0.0639 e. The van der Waals surface area contributed by atoms with Crippen LogP contribution in [0, 0.1) is 6.92 Å². The van der Waals surface area contributed by atoms with Crippen LogP contribution in [0.25, 0.3) is 0 Å². The van der Waals surface area contributed by atoms with Crippen molar-refractivity contribution in [3.8, 4) is 0 Å². The molecule has 1 N–H and O–H groups in total. The first-order valence-electron chi connectivity index (χ1n) is 5.00. The van der Waals surface area contributed by atoms with E-state index in [-0.39, 0.29) is 6.10 Å². The summed E-state index contributed by atoms with van der Waals surface area (Å²) in [5.41, 5.74) is 2.57. The third-order valence-corrected chi connectivity index (χ3v) is 2.15. The molecular formula is C12H19NO. The topological polar surface area (TPSA) is 23.5 Å². The lowest BCUT2D eigenvalue weighted by atomic mass is 10.1. The average molecular weight is 193 g/mol. The second-order valence-corrected chi connectivity index (χ2v) is 4.03. The van der Waals surface area contributed by atoms with E-state index >= 15 is 0 Å². The lowest BCUT2D eigenvalue weighted by Crippen LogP contribution is -2.26. The van der Waals surface area contributed by atoms with Crippen molar-refractivity contribution >= 4 is 0 Å². The minimum absolute atomic E-state index is 0.259. The van der Waals surface area contributed by atoms with Gasteiger partial charge in [0.05, 0.1) is 6.10 Å². The van der Waals surface area contributed by atoms with Gasteiger partial charge in [0.25, 0.3) is 0 Å². The summed E-state index contributed by atoms with van der Waals surface area (Å²) in [6.07, 6.45) is -0.259. The summed E-state index contributed by atoms with van der Waals surface area (Å²) >= 11 is 0. The fraction of sp³-hybridized carbons (Fsp3) is 0.500. The first-order chi connectivity index (χ1) is 6.58. The zero-order valence-electron chi connectivity index (χ0n) is 9.20. The third kappa shape index (κ3) is 3.90. The highest BCUT2D eigenvalue weighted by atomic mass is 16.3. The Hall–Kier alpha value is -0.860. The van der Waals surface area contributed by atoms with Gasteiger partial charge in [0.1, 0.15) is 0 Å². The average Bonchev–Trinajstić information content (AvgIpc) is 2.07. The number of aliphatic hydroxyl groups excluding tert-OH is 1. The van der Waals surface area contributed by atoms with Crippen LogP contribution in [0.4, 0.5) is 0 Å². The Bertz CT molecular complexity index is 266. The van der Waals surface area contributed by atoms with Crippen LogP contribution in [0.5, 0.6) is 0 Å². The monoisotopic (exact) mass is 193 g/mol. The van der Waals surface area contributed by atoms with Gasteiger partial charge in [-0.05, 0) is 26.5 Å². The van der Waals surface area contributed by atoms with Crippen LogP contribution in [-0.4, -0.2) is 29.7 Å². The van der Waals surface area contributed by atoms with Crippen molar-refractivity contribution in [1.82, 2.24) is 4.90 Å². The van der Waals surface area contributed by atoms with Gasteiger partial charge < -0.3 is 5.11 Å². The maximum absolute atomic E-state index is 9.20. The van der Waals surface area contributed by atoms with E-state index in [0.717, 1.165) is 6.54 Å². The van der Waals surface area contributed by atoms with Crippen LogP contribution in [0.2, 0.25) is 0 Å². The fourth-order valence-corrected chi connectivity index (χ4v) is 1.52. The lowest BCUT2D eigenvalue weighted by Gasteiger charge is -2.18. The Balaban J connectivity index is 2.47. The van der Waals surface area contributed by atoms with E-state index in [9.17, 15) is 5.11 Å². The molecule has 2 nitrogen and oxygen atoms in total. The van der Waals surface area contributed by atoms with Crippen molar-refractivity contribution in [2.24, 2.45) is 0 Å². The smallest absolute Gasteiger partial charge is 0.0639 e. The van der Waals surface area contributed by atoms with Crippen molar-refractivity contribution in [3.63, 3.8) is 0 Å².